The van der Waals surface area contributed by atoms with Crippen LogP contribution in [0.3, 0.4) is 0 Å². The number of benzene rings is 1. The summed E-state index contributed by atoms with van der Waals surface area (Å²) in [4.78, 5) is 0. The summed E-state index contributed by atoms with van der Waals surface area (Å²) in [5.74, 6) is -1.35. The van der Waals surface area contributed by atoms with Crippen molar-refractivity contribution in [2.75, 3.05) is 6.54 Å². The van der Waals surface area contributed by atoms with Crippen LogP contribution in [0.1, 0.15) is 32.5 Å². The summed E-state index contributed by atoms with van der Waals surface area (Å²) in [6, 6.07) is 2.81. The fraction of sp³-hybridized carbons (Fsp3) is 0.500. The molecular weight excluding hydrogens is 215 g/mol. The molecule has 0 amide bonds. The lowest BCUT2D eigenvalue weighted by atomic mass is 10.1. The third-order valence-electron chi connectivity index (χ3n) is 2.11. The van der Waals surface area contributed by atoms with Crippen LogP contribution < -0.4 is 5.32 Å². The largest absolute Gasteiger partial charge is 0.309 e. The molecule has 1 N–H and O–H groups in total. The van der Waals surface area contributed by atoms with Crippen LogP contribution in [0.5, 0.6) is 0 Å². The van der Waals surface area contributed by atoms with E-state index in [0.717, 1.165) is 18.2 Å². The zero-order chi connectivity index (χ0) is 12.3. The highest BCUT2D eigenvalue weighted by atomic mass is 19.1. The molecule has 0 spiro atoms. The number of nitrogens with one attached hydrogen (secondary N) is 1. The first kappa shape index (κ1) is 13.0. The van der Waals surface area contributed by atoms with E-state index in [1.807, 2.05) is 20.8 Å². The molecule has 1 aromatic carbocycles. The summed E-state index contributed by atoms with van der Waals surface area (Å²) in [6.07, 6.45) is -1.55. The van der Waals surface area contributed by atoms with E-state index in [4.69, 9.17) is 0 Å². The molecule has 1 nitrogen and oxygen atoms in total. The lowest BCUT2D eigenvalue weighted by Gasteiger charge is -2.22. The highest BCUT2D eigenvalue weighted by Crippen LogP contribution is 2.21. The number of rotatable bonds is 3. The molecule has 0 bridgehead atoms. The number of alkyl halides is 1. The molecule has 1 atom stereocenters. The van der Waals surface area contributed by atoms with Crippen LogP contribution in [0.15, 0.2) is 18.2 Å². The first-order valence-corrected chi connectivity index (χ1v) is 5.13. The Hall–Kier alpha value is -1.03. The normalized spacial score (nSPS) is 13.9. The maximum atomic E-state index is 13.6. The average Bonchev–Trinajstić information content (AvgIpc) is 2.17. The van der Waals surface area contributed by atoms with Crippen molar-refractivity contribution in [3.63, 3.8) is 0 Å². The van der Waals surface area contributed by atoms with Gasteiger partial charge in [0.2, 0.25) is 0 Å². The molecule has 16 heavy (non-hydrogen) atoms. The van der Waals surface area contributed by atoms with Gasteiger partial charge in [0.25, 0.3) is 0 Å². The maximum Gasteiger partial charge on any atom is 0.140 e. The SMILES string of the molecule is CC(C)(C)NCC(F)c1cc(F)ccc1F. The van der Waals surface area contributed by atoms with Crippen molar-refractivity contribution in [3.05, 3.63) is 35.4 Å². The van der Waals surface area contributed by atoms with Gasteiger partial charge >= 0.3 is 0 Å². The van der Waals surface area contributed by atoms with E-state index >= 15 is 0 Å². The molecule has 1 rings (SSSR count). The molecule has 0 aliphatic rings. The monoisotopic (exact) mass is 231 g/mol. The van der Waals surface area contributed by atoms with Crippen molar-refractivity contribution in [2.24, 2.45) is 0 Å². The first-order valence-electron chi connectivity index (χ1n) is 5.13. The van der Waals surface area contributed by atoms with E-state index in [2.05, 4.69) is 5.32 Å². The fourth-order valence-electron chi connectivity index (χ4n) is 1.26. The molecule has 0 fully saturated rings. The van der Waals surface area contributed by atoms with Crippen LogP contribution in [-0.4, -0.2) is 12.1 Å². The Kier molecular flexibility index (Phi) is 3.97. The van der Waals surface area contributed by atoms with Gasteiger partial charge in [-0.05, 0) is 39.0 Å². The molecule has 4 heteroatoms. The second-order valence-electron chi connectivity index (χ2n) is 4.76. The summed E-state index contributed by atoms with van der Waals surface area (Å²) in [5, 5.41) is 2.90. The van der Waals surface area contributed by atoms with Gasteiger partial charge in [0.1, 0.15) is 17.8 Å². The molecular formula is C12H16F3N. The zero-order valence-electron chi connectivity index (χ0n) is 9.65. The van der Waals surface area contributed by atoms with Gasteiger partial charge in [-0.15, -0.1) is 0 Å². The van der Waals surface area contributed by atoms with Crippen molar-refractivity contribution in [1.29, 1.82) is 0 Å². The average molecular weight is 231 g/mol. The number of hydrogen-bond acceptors (Lipinski definition) is 1. The van der Waals surface area contributed by atoms with Gasteiger partial charge in [0, 0.05) is 17.6 Å². The van der Waals surface area contributed by atoms with Crippen molar-refractivity contribution in [3.8, 4) is 0 Å². The molecule has 0 aromatic heterocycles. The molecule has 1 unspecified atom stereocenters. The quantitative estimate of drug-likeness (QED) is 0.841. The van der Waals surface area contributed by atoms with Crippen molar-refractivity contribution in [1.82, 2.24) is 5.32 Å². The van der Waals surface area contributed by atoms with Gasteiger partial charge in [-0.2, -0.15) is 0 Å². The van der Waals surface area contributed by atoms with Crippen LogP contribution >= 0.6 is 0 Å². The third kappa shape index (κ3) is 3.85. The molecule has 0 heterocycles. The lowest BCUT2D eigenvalue weighted by molar-refractivity contribution is 0.284. The molecule has 0 radical (unpaired) electrons. The Bertz CT molecular complexity index is 358. The summed E-state index contributed by atoms with van der Waals surface area (Å²) in [5.41, 5.74) is -0.495. The van der Waals surface area contributed by atoms with E-state index in [1.54, 1.807) is 0 Å². The molecule has 0 saturated carbocycles. The van der Waals surface area contributed by atoms with E-state index in [1.165, 1.54) is 0 Å². The minimum atomic E-state index is -1.55. The van der Waals surface area contributed by atoms with Crippen LogP contribution in [0.4, 0.5) is 13.2 Å². The van der Waals surface area contributed by atoms with Gasteiger partial charge in [0.15, 0.2) is 0 Å². The third-order valence-corrected chi connectivity index (χ3v) is 2.11. The minimum absolute atomic E-state index is 0.0378. The summed E-state index contributed by atoms with van der Waals surface area (Å²) in [7, 11) is 0. The van der Waals surface area contributed by atoms with Gasteiger partial charge < -0.3 is 5.32 Å². The number of hydrogen-bond donors (Lipinski definition) is 1. The van der Waals surface area contributed by atoms with E-state index < -0.39 is 17.8 Å². The standard InChI is InChI=1S/C12H16F3N/c1-12(2,3)16-7-11(15)9-6-8(13)4-5-10(9)14/h4-6,11,16H,7H2,1-3H3. The van der Waals surface area contributed by atoms with Crippen molar-refractivity contribution < 1.29 is 13.2 Å². The second kappa shape index (κ2) is 4.87. The maximum absolute atomic E-state index is 13.6. The van der Waals surface area contributed by atoms with Crippen LogP contribution in [0.2, 0.25) is 0 Å². The van der Waals surface area contributed by atoms with Crippen LogP contribution in [0, 0.1) is 11.6 Å². The molecule has 0 saturated heterocycles. The predicted octanol–water partition coefficient (Wildman–Crippen LogP) is 3.36. The Labute approximate surface area is 93.7 Å². The second-order valence-corrected chi connectivity index (χ2v) is 4.76. The smallest absolute Gasteiger partial charge is 0.140 e. The highest BCUT2D eigenvalue weighted by Gasteiger charge is 2.18. The lowest BCUT2D eigenvalue weighted by Crippen LogP contribution is -2.38. The van der Waals surface area contributed by atoms with Gasteiger partial charge in [-0.1, -0.05) is 0 Å². The van der Waals surface area contributed by atoms with E-state index in [-0.39, 0.29) is 17.6 Å². The Morgan fingerprint density at radius 1 is 1.25 bits per heavy atom. The van der Waals surface area contributed by atoms with Gasteiger partial charge in [-0.3, -0.25) is 0 Å². The Morgan fingerprint density at radius 2 is 1.88 bits per heavy atom. The van der Waals surface area contributed by atoms with Crippen LogP contribution in [-0.2, 0) is 0 Å². The zero-order valence-corrected chi connectivity index (χ0v) is 9.65. The van der Waals surface area contributed by atoms with Gasteiger partial charge in [-0.25, -0.2) is 13.2 Å². The molecule has 90 valence electrons. The first-order chi connectivity index (χ1) is 7.29. The Morgan fingerprint density at radius 3 is 2.44 bits per heavy atom. The minimum Gasteiger partial charge on any atom is -0.309 e. The summed E-state index contributed by atoms with van der Waals surface area (Å²) in [6.45, 7) is 5.59. The van der Waals surface area contributed by atoms with Crippen molar-refractivity contribution in [2.45, 2.75) is 32.5 Å². The number of halogens is 3. The predicted molar refractivity (Wildman–Crippen MR) is 58.0 cm³/mol. The van der Waals surface area contributed by atoms with E-state index in [0.29, 0.717) is 0 Å². The molecule has 0 aliphatic carbocycles. The Balaban J connectivity index is 2.73. The highest BCUT2D eigenvalue weighted by molar-refractivity contribution is 5.21. The summed E-state index contributed by atoms with van der Waals surface area (Å²) >= 11 is 0. The molecule has 0 aliphatic heterocycles. The molecule has 1 aromatic rings. The van der Waals surface area contributed by atoms with Crippen LogP contribution in [0.25, 0.3) is 0 Å². The van der Waals surface area contributed by atoms with Crippen molar-refractivity contribution >= 4 is 0 Å². The fourth-order valence-corrected chi connectivity index (χ4v) is 1.26. The van der Waals surface area contributed by atoms with E-state index in [9.17, 15) is 13.2 Å². The summed E-state index contributed by atoms with van der Waals surface area (Å²) < 4.78 is 39.7. The van der Waals surface area contributed by atoms with Gasteiger partial charge in [0.05, 0.1) is 0 Å². The topological polar surface area (TPSA) is 12.0 Å².